The molecule has 0 aliphatic carbocycles. The molecule has 0 aromatic carbocycles. The third-order valence-corrected chi connectivity index (χ3v) is 3.52. The van der Waals surface area contributed by atoms with Crippen LogP contribution in [-0.4, -0.2) is 13.4 Å². The lowest BCUT2D eigenvalue weighted by Gasteiger charge is -2.17. The molecule has 1 heterocycles. The molecule has 0 aliphatic rings. The smallest absolute Gasteiger partial charge is 0.242 e. The zero-order valence-corrected chi connectivity index (χ0v) is 11.3. The highest BCUT2D eigenvalue weighted by molar-refractivity contribution is 9.08. The molecule has 1 aromatic heterocycles. The van der Waals surface area contributed by atoms with Gasteiger partial charge in [0.05, 0.1) is 5.56 Å². The lowest BCUT2D eigenvalue weighted by molar-refractivity contribution is -0.141. The van der Waals surface area contributed by atoms with Crippen molar-refractivity contribution in [3.63, 3.8) is 0 Å². The highest BCUT2D eigenvalue weighted by Crippen LogP contribution is 2.39. The van der Waals surface area contributed by atoms with Crippen LogP contribution in [0.5, 0.6) is 0 Å². The normalized spacial score (nSPS) is 13.1. The maximum atomic E-state index is 12.8. The molecule has 0 bridgehead atoms. The highest BCUT2D eigenvalue weighted by Gasteiger charge is 2.41. The van der Waals surface area contributed by atoms with Crippen molar-refractivity contribution >= 4 is 26.0 Å². The van der Waals surface area contributed by atoms with E-state index in [1.807, 2.05) is 0 Å². The van der Waals surface area contributed by atoms with E-state index in [-0.39, 0.29) is 0 Å². The Morgan fingerprint density at radius 1 is 1.37 bits per heavy atom. The number of hydrogen-bond acceptors (Lipinski definition) is 3. The number of nitrogens with two attached hydrogens (primary N) is 1. The van der Waals surface area contributed by atoms with Gasteiger partial charge in [-0.15, -0.1) is 0 Å². The molecule has 2 N–H and O–H groups in total. The molecule has 0 fully saturated rings. The van der Waals surface area contributed by atoms with Gasteiger partial charge in [-0.1, -0.05) is 15.9 Å². The van der Waals surface area contributed by atoms with Gasteiger partial charge in [0.15, 0.2) is 5.03 Å². The Labute approximate surface area is 113 Å². The van der Waals surface area contributed by atoms with Crippen molar-refractivity contribution in [2.45, 2.75) is 23.0 Å². The van der Waals surface area contributed by atoms with Gasteiger partial charge in [0, 0.05) is 17.1 Å². The van der Waals surface area contributed by atoms with Crippen molar-refractivity contribution in [2.75, 3.05) is 0 Å². The summed E-state index contributed by atoms with van der Waals surface area (Å²) in [6, 6.07) is 0. The molecule has 0 atom stereocenters. The Morgan fingerprint density at radius 3 is 2.21 bits per heavy atom. The van der Waals surface area contributed by atoms with Crippen molar-refractivity contribution in [3.8, 4) is 0 Å². The number of rotatable bonds is 3. The summed E-state index contributed by atoms with van der Waals surface area (Å²) in [5.41, 5.74) is -3.68. The largest absolute Gasteiger partial charge is 0.419 e. The molecule has 0 amide bonds. The molecule has 0 radical (unpaired) electrons. The summed E-state index contributed by atoms with van der Waals surface area (Å²) in [6.45, 7) is 0. The van der Waals surface area contributed by atoms with Crippen LogP contribution < -0.4 is 5.14 Å². The van der Waals surface area contributed by atoms with Crippen LogP contribution in [0.4, 0.5) is 22.0 Å². The van der Waals surface area contributed by atoms with Crippen LogP contribution in [0.25, 0.3) is 0 Å². The molecule has 0 spiro atoms. The standard InChI is InChI=1S/C8H6BrF5N2O2S/c9-1-3-4(6(10)11)2-16-7(19(15,17)18)5(3)8(12,13)14/h2,6H,1H2,(H2,15,17,18). The highest BCUT2D eigenvalue weighted by atomic mass is 79.9. The minimum absolute atomic E-state index is 0.371. The number of pyridine rings is 1. The fourth-order valence-corrected chi connectivity index (χ4v) is 2.71. The lowest BCUT2D eigenvalue weighted by Crippen LogP contribution is -2.23. The second-order valence-electron chi connectivity index (χ2n) is 3.35. The first-order chi connectivity index (χ1) is 8.50. The van der Waals surface area contributed by atoms with Crippen molar-refractivity contribution in [1.29, 1.82) is 0 Å². The Morgan fingerprint density at radius 2 is 1.89 bits per heavy atom. The third kappa shape index (κ3) is 3.39. The van der Waals surface area contributed by atoms with Crippen LogP contribution >= 0.6 is 15.9 Å². The van der Waals surface area contributed by atoms with E-state index < -0.39 is 49.7 Å². The van der Waals surface area contributed by atoms with Crippen molar-refractivity contribution in [2.24, 2.45) is 5.14 Å². The van der Waals surface area contributed by atoms with Gasteiger partial charge in [-0.25, -0.2) is 27.3 Å². The number of halogens is 6. The first kappa shape index (κ1) is 16.2. The van der Waals surface area contributed by atoms with Gasteiger partial charge in [0.2, 0.25) is 0 Å². The number of primary sulfonamides is 1. The van der Waals surface area contributed by atoms with E-state index in [1.54, 1.807) is 0 Å². The van der Waals surface area contributed by atoms with Gasteiger partial charge in [-0.05, 0) is 5.56 Å². The fourth-order valence-electron chi connectivity index (χ4n) is 1.38. The third-order valence-electron chi connectivity index (χ3n) is 2.11. The molecular weight excluding hydrogens is 363 g/mol. The lowest BCUT2D eigenvalue weighted by atomic mass is 10.1. The maximum absolute atomic E-state index is 12.8. The van der Waals surface area contributed by atoms with Crippen molar-refractivity contribution in [3.05, 3.63) is 22.9 Å². The summed E-state index contributed by atoms with van der Waals surface area (Å²) in [5.74, 6) is 0. The summed E-state index contributed by atoms with van der Waals surface area (Å²) in [6.07, 6.45) is -8.03. The van der Waals surface area contributed by atoms with E-state index in [4.69, 9.17) is 0 Å². The maximum Gasteiger partial charge on any atom is 0.419 e. The summed E-state index contributed by atoms with van der Waals surface area (Å²) < 4.78 is 85.9. The molecule has 0 saturated heterocycles. The van der Waals surface area contributed by atoms with E-state index in [0.29, 0.717) is 6.20 Å². The minimum atomic E-state index is -5.18. The van der Waals surface area contributed by atoms with Crippen molar-refractivity contribution < 1.29 is 30.4 Å². The molecule has 19 heavy (non-hydrogen) atoms. The van der Waals surface area contributed by atoms with Gasteiger partial charge >= 0.3 is 6.18 Å². The van der Waals surface area contributed by atoms with Crippen LogP contribution in [0, 0.1) is 0 Å². The second kappa shape index (κ2) is 5.29. The SMILES string of the molecule is NS(=O)(=O)c1ncc(C(F)F)c(CBr)c1C(F)(F)F. The number of alkyl halides is 6. The molecule has 108 valence electrons. The van der Waals surface area contributed by atoms with Crippen LogP contribution in [0.1, 0.15) is 23.1 Å². The molecular formula is C8H6BrF5N2O2S. The van der Waals surface area contributed by atoms with Crippen LogP contribution in [0.2, 0.25) is 0 Å². The van der Waals surface area contributed by atoms with Gasteiger partial charge in [0.1, 0.15) is 0 Å². The Hall–Kier alpha value is -0.810. The second-order valence-corrected chi connectivity index (χ2v) is 5.39. The van der Waals surface area contributed by atoms with Crippen LogP contribution in [0.3, 0.4) is 0 Å². The van der Waals surface area contributed by atoms with Gasteiger partial charge in [0.25, 0.3) is 16.4 Å². The van der Waals surface area contributed by atoms with E-state index in [1.165, 1.54) is 0 Å². The summed E-state index contributed by atoms with van der Waals surface area (Å²) in [7, 11) is -4.79. The van der Waals surface area contributed by atoms with Crippen LogP contribution in [-0.2, 0) is 21.5 Å². The molecule has 1 aromatic rings. The number of aromatic nitrogens is 1. The van der Waals surface area contributed by atoms with Gasteiger partial charge in [-0.3, -0.25) is 0 Å². The number of hydrogen-bond donors (Lipinski definition) is 1. The average molecular weight is 369 g/mol. The zero-order valence-electron chi connectivity index (χ0n) is 8.88. The predicted octanol–water partition coefficient (Wildman–Crippen LogP) is 2.58. The zero-order chi connectivity index (χ0) is 15.0. The number of nitrogens with zero attached hydrogens (tertiary/aromatic N) is 1. The van der Waals surface area contributed by atoms with E-state index in [2.05, 4.69) is 26.1 Å². The Bertz CT molecular complexity index is 588. The van der Waals surface area contributed by atoms with Crippen LogP contribution in [0.15, 0.2) is 11.2 Å². The van der Waals surface area contributed by atoms with Gasteiger partial charge < -0.3 is 0 Å². The molecule has 0 aliphatic heterocycles. The molecule has 0 saturated carbocycles. The first-order valence-electron chi connectivity index (χ1n) is 4.46. The first-order valence-corrected chi connectivity index (χ1v) is 7.12. The molecule has 0 unspecified atom stereocenters. The number of sulfonamides is 1. The van der Waals surface area contributed by atoms with E-state index >= 15 is 0 Å². The monoisotopic (exact) mass is 368 g/mol. The summed E-state index contributed by atoms with van der Waals surface area (Å²) >= 11 is 2.62. The summed E-state index contributed by atoms with van der Waals surface area (Å²) in [5, 5.41) is 2.52. The Kier molecular flexibility index (Phi) is 4.52. The Balaban J connectivity index is 3.82. The van der Waals surface area contributed by atoms with E-state index in [0.717, 1.165) is 0 Å². The molecule has 1 rings (SSSR count). The minimum Gasteiger partial charge on any atom is -0.242 e. The van der Waals surface area contributed by atoms with Gasteiger partial charge in [-0.2, -0.15) is 13.2 Å². The molecule has 11 heteroatoms. The molecule has 4 nitrogen and oxygen atoms in total. The fraction of sp³-hybridized carbons (Fsp3) is 0.375. The van der Waals surface area contributed by atoms with E-state index in [9.17, 15) is 30.4 Å². The predicted molar refractivity (Wildman–Crippen MR) is 58.2 cm³/mol. The quantitative estimate of drug-likeness (QED) is 0.658. The average Bonchev–Trinajstić information content (AvgIpc) is 2.24. The summed E-state index contributed by atoms with van der Waals surface area (Å²) in [4.78, 5) is 2.91. The topological polar surface area (TPSA) is 73.1 Å². The van der Waals surface area contributed by atoms with Crippen molar-refractivity contribution in [1.82, 2.24) is 4.98 Å².